The number of anilines is 1. The lowest BCUT2D eigenvalue weighted by atomic mass is 10.1. The minimum Gasteiger partial charge on any atom is -0.493 e. The first kappa shape index (κ1) is 22.9. The van der Waals surface area contributed by atoms with Crippen LogP contribution < -0.4 is 15.4 Å². The van der Waals surface area contributed by atoms with E-state index in [1.54, 1.807) is 24.3 Å². The van der Waals surface area contributed by atoms with Gasteiger partial charge in [0.15, 0.2) is 6.61 Å². The lowest BCUT2D eigenvalue weighted by Gasteiger charge is -2.12. The number of carbonyl (C=O) groups excluding carboxylic acids is 3. The zero-order valence-corrected chi connectivity index (χ0v) is 17.8. The predicted octanol–water partition coefficient (Wildman–Crippen LogP) is 3.25. The van der Waals surface area contributed by atoms with Gasteiger partial charge in [-0.15, -0.1) is 0 Å². The molecule has 160 valence electrons. The van der Waals surface area contributed by atoms with Crippen LogP contribution in [0, 0.1) is 19.8 Å². The van der Waals surface area contributed by atoms with Gasteiger partial charge in [-0.3, -0.25) is 9.59 Å². The van der Waals surface area contributed by atoms with Crippen molar-refractivity contribution >= 4 is 23.5 Å². The predicted molar refractivity (Wildman–Crippen MR) is 115 cm³/mol. The number of carbonyl (C=O) groups is 3. The lowest BCUT2D eigenvalue weighted by molar-refractivity contribution is -0.126. The Hall–Kier alpha value is -3.35. The molecule has 2 aromatic rings. The van der Waals surface area contributed by atoms with Gasteiger partial charge in [0, 0.05) is 5.69 Å². The largest absolute Gasteiger partial charge is 0.493 e. The fourth-order valence-electron chi connectivity index (χ4n) is 2.62. The zero-order chi connectivity index (χ0) is 22.1. The quantitative estimate of drug-likeness (QED) is 0.617. The highest BCUT2D eigenvalue weighted by Crippen LogP contribution is 2.19. The van der Waals surface area contributed by atoms with Crippen molar-refractivity contribution in [1.82, 2.24) is 5.32 Å². The lowest BCUT2D eigenvalue weighted by Crippen LogP contribution is -2.35. The monoisotopic (exact) mass is 412 g/mol. The highest BCUT2D eigenvalue weighted by atomic mass is 16.5. The number of amides is 2. The molecule has 0 atom stereocenters. The average molecular weight is 412 g/mol. The molecule has 0 radical (unpaired) electrons. The first-order chi connectivity index (χ1) is 14.3. The summed E-state index contributed by atoms with van der Waals surface area (Å²) in [5.41, 5.74) is 2.88. The number of para-hydroxylation sites is 1. The van der Waals surface area contributed by atoms with Crippen LogP contribution in [-0.4, -0.2) is 37.5 Å². The molecule has 0 aromatic heterocycles. The molecule has 2 N–H and O–H groups in total. The Morgan fingerprint density at radius 2 is 1.63 bits per heavy atom. The van der Waals surface area contributed by atoms with Crippen molar-refractivity contribution in [1.29, 1.82) is 0 Å². The van der Waals surface area contributed by atoms with Gasteiger partial charge in [0.05, 0.1) is 18.7 Å². The van der Waals surface area contributed by atoms with Crippen LogP contribution in [-0.2, 0) is 14.3 Å². The summed E-state index contributed by atoms with van der Waals surface area (Å²) in [5, 5.41) is 5.21. The molecule has 7 heteroatoms. The number of esters is 1. The third kappa shape index (κ3) is 7.24. The molecule has 0 bridgehead atoms. The first-order valence-electron chi connectivity index (χ1n) is 9.79. The van der Waals surface area contributed by atoms with Crippen molar-refractivity contribution in [3.05, 3.63) is 59.2 Å². The van der Waals surface area contributed by atoms with Gasteiger partial charge in [-0.2, -0.15) is 0 Å². The number of aryl methyl sites for hydroxylation is 2. The van der Waals surface area contributed by atoms with Crippen molar-refractivity contribution in [2.45, 2.75) is 27.7 Å². The molecule has 0 fully saturated rings. The fourth-order valence-corrected chi connectivity index (χ4v) is 2.62. The molecule has 30 heavy (non-hydrogen) atoms. The van der Waals surface area contributed by atoms with Crippen LogP contribution in [0.5, 0.6) is 5.75 Å². The summed E-state index contributed by atoms with van der Waals surface area (Å²) in [4.78, 5) is 36.2. The standard InChI is InChI=1S/C23H28N2O5/c1-15(2)13-29-19-10-6-9-18(11-19)23(28)30-14-21(27)24-12-20(26)25-22-16(3)7-5-8-17(22)4/h5-11,15H,12-14H2,1-4H3,(H,24,27)(H,25,26). The fraction of sp³-hybridized carbons (Fsp3) is 0.348. The molecule has 7 nitrogen and oxygen atoms in total. The van der Waals surface area contributed by atoms with E-state index in [0.29, 0.717) is 18.3 Å². The Morgan fingerprint density at radius 3 is 2.30 bits per heavy atom. The maximum absolute atomic E-state index is 12.2. The molecule has 2 aromatic carbocycles. The SMILES string of the molecule is Cc1cccc(C)c1NC(=O)CNC(=O)COC(=O)c1cccc(OCC(C)C)c1. The smallest absolute Gasteiger partial charge is 0.338 e. The Bertz CT molecular complexity index is 888. The van der Waals surface area contributed by atoms with Crippen molar-refractivity contribution in [2.75, 3.05) is 25.1 Å². The van der Waals surface area contributed by atoms with Crippen LogP contribution in [0.25, 0.3) is 0 Å². The van der Waals surface area contributed by atoms with Gasteiger partial charge in [-0.1, -0.05) is 38.1 Å². The maximum atomic E-state index is 12.2. The Morgan fingerprint density at radius 1 is 0.967 bits per heavy atom. The minimum absolute atomic E-state index is 0.220. The highest BCUT2D eigenvalue weighted by molar-refractivity contribution is 5.96. The molecule has 2 rings (SSSR count). The van der Waals surface area contributed by atoms with Crippen molar-refractivity contribution < 1.29 is 23.9 Å². The first-order valence-corrected chi connectivity index (χ1v) is 9.79. The number of rotatable bonds is 9. The second kappa shape index (κ2) is 11.0. The Labute approximate surface area is 176 Å². The summed E-state index contributed by atoms with van der Waals surface area (Å²) in [6.07, 6.45) is 0. The summed E-state index contributed by atoms with van der Waals surface area (Å²) in [6.45, 7) is 7.67. The zero-order valence-electron chi connectivity index (χ0n) is 17.8. The van der Waals surface area contributed by atoms with E-state index in [1.807, 2.05) is 45.9 Å². The van der Waals surface area contributed by atoms with E-state index in [2.05, 4.69) is 10.6 Å². The molecule has 0 aliphatic rings. The van der Waals surface area contributed by atoms with E-state index >= 15 is 0 Å². The molecular formula is C23H28N2O5. The van der Waals surface area contributed by atoms with Gasteiger partial charge >= 0.3 is 5.97 Å². The van der Waals surface area contributed by atoms with E-state index in [0.717, 1.165) is 16.8 Å². The molecule has 0 saturated heterocycles. The van der Waals surface area contributed by atoms with Crippen LogP contribution in [0.2, 0.25) is 0 Å². The van der Waals surface area contributed by atoms with E-state index in [1.165, 1.54) is 0 Å². The molecular weight excluding hydrogens is 384 g/mol. The molecule has 0 aliphatic heterocycles. The molecule has 0 unspecified atom stereocenters. The molecule has 0 spiro atoms. The summed E-state index contributed by atoms with van der Waals surface area (Å²) in [5.74, 6) is -0.642. The van der Waals surface area contributed by atoms with Gasteiger partial charge in [-0.25, -0.2) is 4.79 Å². The topological polar surface area (TPSA) is 93.7 Å². The van der Waals surface area contributed by atoms with E-state index in [-0.39, 0.29) is 18.0 Å². The van der Waals surface area contributed by atoms with Gasteiger partial charge in [0.25, 0.3) is 5.91 Å². The number of ether oxygens (including phenoxy) is 2. The van der Waals surface area contributed by atoms with Gasteiger partial charge in [0.2, 0.25) is 5.91 Å². The third-order valence-corrected chi connectivity index (χ3v) is 4.18. The van der Waals surface area contributed by atoms with E-state index < -0.39 is 18.5 Å². The van der Waals surface area contributed by atoms with Crippen LogP contribution in [0.15, 0.2) is 42.5 Å². The summed E-state index contributed by atoms with van der Waals surface area (Å²) < 4.78 is 10.6. The maximum Gasteiger partial charge on any atom is 0.338 e. The molecule has 0 saturated carbocycles. The summed E-state index contributed by atoms with van der Waals surface area (Å²) in [7, 11) is 0. The van der Waals surface area contributed by atoms with Gasteiger partial charge < -0.3 is 20.1 Å². The average Bonchev–Trinajstić information content (AvgIpc) is 2.72. The van der Waals surface area contributed by atoms with Gasteiger partial charge in [0.1, 0.15) is 5.75 Å². The van der Waals surface area contributed by atoms with Crippen LogP contribution in [0.3, 0.4) is 0 Å². The van der Waals surface area contributed by atoms with Crippen LogP contribution in [0.1, 0.15) is 35.3 Å². The second-order valence-corrected chi connectivity index (χ2v) is 7.40. The normalized spacial score (nSPS) is 10.4. The Balaban J connectivity index is 1.78. The number of hydrogen-bond acceptors (Lipinski definition) is 5. The Kier molecular flexibility index (Phi) is 8.41. The second-order valence-electron chi connectivity index (χ2n) is 7.40. The van der Waals surface area contributed by atoms with Crippen molar-refractivity contribution in [3.8, 4) is 5.75 Å². The molecule has 0 heterocycles. The molecule has 2 amide bonds. The van der Waals surface area contributed by atoms with Crippen LogP contribution in [0.4, 0.5) is 5.69 Å². The summed E-state index contributed by atoms with van der Waals surface area (Å²) >= 11 is 0. The molecule has 0 aliphatic carbocycles. The van der Waals surface area contributed by atoms with Gasteiger partial charge in [-0.05, 0) is 49.1 Å². The number of hydrogen-bond donors (Lipinski definition) is 2. The van der Waals surface area contributed by atoms with E-state index in [4.69, 9.17) is 9.47 Å². The van der Waals surface area contributed by atoms with E-state index in [9.17, 15) is 14.4 Å². The van der Waals surface area contributed by atoms with Crippen molar-refractivity contribution in [3.63, 3.8) is 0 Å². The summed E-state index contributed by atoms with van der Waals surface area (Å²) in [6, 6.07) is 12.3. The highest BCUT2D eigenvalue weighted by Gasteiger charge is 2.13. The van der Waals surface area contributed by atoms with Crippen molar-refractivity contribution in [2.24, 2.45) is 5.92 Å². The number of nitrogens with one attached hydrogen (secondary N) is 2. The minimum atomic E-state index is -0.639. The van der Waals surface area contributed by atoms with Crippen LogP contribution >= 0.6 is 0 Å². The number of benzene rings is 2. The third-order valence-electron chi connectivity index (χ3n) is 4.18.